The van der Waals surface area contributed by atoms with Crippen LogP contribution in [0.3, 0.4) is 0 Å². The van der Waals surface area contributed by atoms with Crippen LogP contribution in [0.5, 0.6) is 0 Å². The number of aryl methyl sites for hydroxylation is 1. The summed E-state index contributed by atoms with van der Waals surface area (Å²) in [6.07, 6.45) is 0.759. The number of aliphatic hydroxyl groups excluding tert-OH is 1. The molecular weight excluding hydrogens is 278 g/mol. The Hall–Kier alpha value is -1.37. The average molecular weight is 291 g/mol. The van der Waals surface area contributed by atoms with Crippen molar-refractivity contribution in [2.24, 2.45) is 0 Å². The molecule has 19 heavy (non-hydrogen) atoms. The summed E-state index contributed by atoms with van der Waals surface area (Å²) in [5.74, 6) is 0. The number of thiazole rings is 1. The summed E-state index contributed by atoms with van der Waals surface area (Å²) in [5, 5.41) is 15.3. The third kappa shape index (κ3) is 2.51. The highest BCUT2D eigenvalue weighted by atomic mass is 32.1. The third-order valence-electron chi connectivity index (χ3n) is 2.93. The van der Waals surface area contributed by atoms with Crippen molar-refractivity contribution >= 4 is 33.1 Å². The van der Waals surface area contributed by atoms with Crippen LogP contribution in [-0.2, 0) is 12.8 Å². The topological polar surface area (TPSA) is 58.9 Å². The van der Waals surface area contributed by atoms with E-state index >= 15 is 0 Å². The molecule has 1 unspecified atom stereocenters. The fraction of sp³-hybridized carbons (Fsp3) is 0.308. The summed E-state index contributed by atoms with van der Waals surface area (Å²) < 4.78 is 5.07. The molecule has 0 saturated carbocycles. The molecule has 4 nitrogen and oxygen atoms in total. The van der Waals surface area contributed by atoms with Crippen molar-refractivity contribution in [2.75, 3.05) is 0 Å². The van der Waals surface area contributed by atoms with Crippen LogP contribution in [0.25, 0.3) is 10.2 Å². The van der Waals surface area contributed by atoms with E-state index < -0.39 is 6.10 Å². The lowest BCUT2D eigenvalue weighted by Crippen LogP contribution is -2.02. The number of aromatic nitrogens is 3. The minimum absolute atomic E-state index is 0.524. The second-order valence-electron chi connectivity index (χ2n) is 4.23. The second-order valence-corrected chi connectivity index (χ2v) is 6.13. The van der Waals surface area contributed by atoms with Gasteiger partial charge in [0.1, 0.15) is 0 Å². The maximum Gasteiger partial charge on any atom is 0.0980 e. The molecule has 0 aliphatic heterocycles. The number of benzene rings is 1. The summed E-state index contributed by atoms with van der Waals surface area (Å²) >= 11 is 2.90. The number of hydrogen-bond acceptors (Lipinski definition) is 6. The van der Waals surface area contributed by atoms with Crippen LogP contribution in [0.15, 0.2) is 24.3 Å². The van der Waals surface area contributed by atoms with Crippen LogP contribution in [0.4, 0.5) is 0 Å². The summed E-state index contributed by atoms with van der Waals surface area (Å²) in [6.45, 7) is 2.02. The van der Waals surface area contributed by atoms with Gasteiger partial charge in [0.2, 0.25) is 0 Å². The molecule has 0 saturated heterocycles. The van der Waals surface area contributed by atoms with Crippen LogP contribution in [0, 0.1) is 0 Å². The van der Waals surface area contributed by atoms with E-state index in [-0.39, 0.29) is 0 Å². The number of rotatable bonds is 4. The van der Waals surface area contributed by atoms with Crippen molar-refractivity contribution < 1.29 is 5.11 Å². The van der Waals surface area contributed by atoms with Gasteiger partial charge in [0, 0.05) is 6.42 Å². The average Bonchev–Trinajstić information content (AvgIpc) is 3.03. The molecule has 1 aromatic carbocycles. The van der Waals surface area contributed by atoms with Gasteiger partial charge in [0.15, 0.2) is 0 Å². The van der Waals surface area contributed by atoms with Crippen molar-refractivity contribution in [1.82, 2.24) is 14.6 Å². The van der Waals surface area contributed by atoms with Crippen molar-refractivity contribution in [1.29, 1.82) is 0 Å². The van der Waals surface area contributed by atoms with E-state index in [2.05, 4.69) is 20.6 Å². The molecule has 98 valence electrons. The van der Waals surface area contributed by atoms with Gasteiger partial charge >= 0.3 is 0 Å². The zero-order chi connectivity index (χ0) is 13.2. The highest BCUT2D eigenvalue weighted by Gasteiger charge is 2.18. The molecule has 0 fully saturated rings. The molecule has 0 spiro atoms. The molecule has 2 heterocycles. The van der Waals surface area contributed by atoms with Crippen LogP contribution >= 0.6 is 22.9 Å². The Labute approximate surface area is 118 Å². The fourth-order valence-electron chi connectivity index (χ4n) is 1.98. The number of nitrogens with zero attached hydrogens (tertiary/aromatic N) is 3. The molecule has 6 heteroatoms. The minimum Gasteiger partial charge on any atom is -0.387 e. The van der Waals surface area contributed by atoms with E-state index in [4.69, 9.17) is 0 Å². The molecule has 0 bridgehead atoms. The van der Waals surface area contributed by atoms with E-state index in [0.717, 1.165) is 32.2 Å². The van der Waals surface area contributed by atoms with E-state index in [1.54, 1.807) is 11.3 Å². The lowest BCUT2D eigenvalue weighted by Gasteiger charge is -2.06. The molecule has 3 rings (SSSR count). The standard InChI is InChI=1S/C13H13N3OS2/c1-2-8-13(19-16-15-8)10(17)7-12-14-9-5-3-4-6-11(9)18-12/h3-6,10,17H,2,7H2,1H3. The molecule has 0 amide bonds. The number of fused-ring (bicyclic) bond motifs is 1. The normalized spacial score (nSPS) is 12.9. The molecule has 2 aromatic heterocycles. The van der Waals surface area contributed by atoms with Gasteiger partial charge in [0.25, 0.3) is 0 Å². The van der Waals surface area contributed by atoms with Gasteiger partial charge in [0.05, 0.1) is 31.9 Å². The van der Waals surface area contributed by atoms with Crippen molar-refractivity contribution in [3.05, 3.63) is 39.8 Å². The number of aliphatic hydroxyl groups is 1. The first kappa shape index (κ1) is 12.7. The van der Waals surface area contributed by atoms with Crippen LogP contribution in [0.1, 0.15) is 28.6 Å². The molecule has 0 aliphatic rings. The van der Waals surface area contributed by atoms with E-state index in [0.29, 0.717) is 6.42 Å². The van der Waals surface area contributed by atoms with Gasteiger partial charge in [-0.15, -0.1) is 16.4 Å². The Morgan fingerprint density at radius 2 is 2.16 bits per heavy atom. The van der Waals surface area contributed by atoms with Gasteiger partial charge in [-0.1, -0.05) is 23.5 Å². The number of para-hydroxylation sites is 1. The summed E-state index contributed by atoms with van der Waals surface area (Å²) in [7, 11) is 0. The Morgan fingerprint density at radius 1 is 1.32 bits per heavy atom. The summed E-state index contributed by atoms with van der Waals surface area (Å²) in [4.78, 5) is 5.40. The predicted molar refractivity (Wildman–Crippen MR) is 77.6 cm³/mol. The van der Waals surface area contributed by atoms with Gasteiger partial charge in [-0.2, -0.15) is 0 Å². The molecule has 0 aliphatic carbocycles. The second kappa shape index (κ2) is 5.32. The SMILES string of the molecule is CCc1nnsc1C(O)Cc1nc2ccccc2s1. The highest BCUT2D eigenvalue weighted by molar-refractivity contribution is 7.18. The third-order valence-corrected chi connectivity index (χ3v) is 4.86. The van der Waals surface area contributed by atoms with Crippen molar-refractivity contribution in [3.63, 3.8) is 0 Å². The van der Waals surface area contributed by atoms with Crippen LogP contribution < -0.4 is 0 Å². The first-order valence-electron chi connectivity index (χ1n) is 6.11. The largest absolute Gasteiger partial charge is 0.387 e. The molecule has 1 atom stereocenters. The maximum absolute atomic E-state index is 10.3. The van der Waals surface area contributed by atoms with E-state index in [1.165, 1.54) is 11.5 Å². The Kier molecular flexibility index (Phi) is 3.54. The van der Waals surface area contributed by atoms with E-state index in [9.17, 15) is 5.11 Å². The predicted octanol–water partition coefficient (Wildman–Crippen LogP) is 2.99. The smallest absolute Gasteiger partial charge is 0.0980 e. The van der Waals surface area contributed by atoms with Crippen LogP contribution in [0.2, 0.25) is 0 Å². The molecule has 0 radical (unpaired) electrons. The van der Waals surface area contributed by atoms with Gasteiger partial charge in [-0.3, -0.25) is 0 Å². The summed E-state index contributed by atoms with van der Waals surface area (Å²) in [5.41, 5.74) is 1.88. The Balaban J connectivity index is 1.84. The zero-order valence-electron chi connectivity index (χ0n) is 10.4. The molecular formula is C13H13N3OS2. The van der Waals surface area contributed by atoms with Crippen molar-refractivity contribution in [3.8, 4) is 0 Å². The van der Waals surface area contributed by atoms with Gasteiger partial charge in [-0.25, -0.2) is 4.98 Å². The van der Waals surface area contributed by atoms with E-state index in [1.807, 2.05) is 25.1 Å². The van der Waals surface area contributed by atoms with Gasteiger partial charge in [-0.05, 0) is 30.1 Å². The summed E-state index contributed by atoms with van der Waals surface area (Å²) in [6, 6.07) is 8.02. The van der Waals surface area contributed by atoms with Crippen LogP contribution in [-0.4, -0.2) is 19.7 Å². The monoisotopic (exact) mass is 291 g/mol. The van der Waals surface area contributed by atoms with Gasteiger partial charge < -0.3 is 5.11 Å². The Morgan fingerprint density at radius 3 is 2.95 bits per heavy atom. The first-order valence-corrected chi connectivity index (χ1v) is 7.70. The zero-order valence-corrected chi connectivity index (χ0v) is 12.0. The number of hydrogen-bond donors (Lipinski definition) is 1. The maximum atomic E-state index is 10.3. The molecule has 3 aromatic rings. The van der Waals surface area contributed by atoms with Crippen molar-refractivity contribution in [2.45, 2.75) is 25.9 Å². The first-order chi connectivity index (χ1) is 9.28. The Bertz CT molecular complexity index is 659. The molecule has 1 N–H and O–H groups in total. The minimum atomic E-state index is -0.560. The fourth-order valence-corrected chi connectivity index (χ4v) is 3.71. The lowest BCUT2D eigenvalue weighted by molar-refractivity contribution is 0.181. The lowest BCUT2D eigenvalue weighted by atomic mass is 10.1. The quantitative estimate of drug-likeness (QED) is 0.803. The highest BCUT2D eigenvalue weighted by Crippen LogP contribution is 2.28.